The van der Waals surface area contributed by atoms with Crippen LogP contribution in [0.15, 0.2) is 48.5 Å². The third kappa shape index (κ3) is 14.5. The molecule has 4 aromatic rings. The Hall–Kier alpha value is -4.93. The second-order valence-corrected chi connectivity index (χ2v) is 16.8. The first kappa shape index (κ1) is 50.1. The van der Waals surface area contributed by atoms with Gasteiger partial charge in [-0.3, -0.25) is 19.4 Å². The minimum atomic E-state index is -1.44. The van der Waals surface area contributed by atoms with Gasteiger partial charge in [0.25, 0.3) is 0 Å². The van der Waals surface area contributed by atoms with Gasteiger partial charge >= 0.3 is 34.5 Å². The Balaban J connectivity index is 0.000000224. The summed E-state index contributed by atoms with van der Waals surface area (Å²) < 4.78 is 28.2. The number of carbonyl (C=O) groups is 2. The van der Waals surface area contributed by atoms with Gasteiger partial charge in [0, 0.05) is 50.1 Å². The molecule has 2 aromatic carbocycles. The van der Waals surface area contributed by atoms with Crippen molar-refractivity contribution in [3.05, 3.63) is 81.9 Å². The number of unbranched alkanes of at least 4 members (excludes halogenated alkanes) is 2. The van der Waals surface area contributed by atoms with E-state index >= 15 is 0 Å². The number of benzene rings is 2. The molecule has 6 heterocycles. The molecule has 0 spiro atoms. The second kappa shape index (κ2) is 25.5. The number of halogens is 1. The number of carbonyl (C=O) groups excluding carboxylic acids is 2. The minimum absolute atomic E-state index is 0. The number of aromatic nitrogens is 4. The fourth-order valence-corrected chi connectivity index (χ4v) is 8.23. The Kier molecular flexibility index (Phi) is 20.0. The molecule has 64 heavy (non-hydrogen) atoms. The van der Waals surface area contributed by atoms with Gasteiger partial charge in [0.1, 0.15) is 23.3 Å². The number of ether oxygens (including phenoxy) is 2. The number of ketones is 2. The Morgan fingerprint density at radius 1 is 0.562 bits per heavy atom. The zero-order chi connectivity index (χ0) is 44.6. The quantitative estimate of drug-likeness (QED) is 0.0961. The van der Waals surface area contributed by atoms with Crippen molar-refractivity contribution in [1.82, 2.24) is 29.7 Å². The number of nitrogens with zero attached hydrogens (tertiary/aromatic N) is 8. The normalized spacial score (nSPS) is 15.8. The van der Waals surface area contributed by atoms with Gasteiger partial charge in [0.15, 0.2) is 11.6 Å². The van der Waals surface area contributed by atoms with E-state index in [1.807, 2.05) is 9.80 Å². The molecule has 0 unspecified atom stereocenters. The average Bonchev–Trinajstić information content (AvgIpc) is 3.99. The molecule has 0 radical (unpaired) electrons. The van der Waals surface area contributed by atoms with E-state index in [9.17, 15) is 9.59 Å². The van der Waals surface area contributed by atoms with Crippen molar-refractivity contribution in [2.75, 3.05) is 73.7 Å². The molecule has 0 aliphatic carbocycles. The van der Waals surface area contributed by atoms with Crippen LogP contribution in [0.4, 0.5) is 23.3 Å². The van der Waals surface area contributed by atoms with Crippen LogP contribution >= 0.6 is 12.4 Å². The summed E-state index contributed by atoms with van der Waals surface area (Å²) in [5.41, 5.74) is 18.7. The third-order valence-corrected chi connectivity index (χ3v) is 11.5. The molecule has 18 heteroatoms. The van der Waals surface area contributed by atoms with Crippen LogP contribution in [0.5, 0.6) is 12.0 Å². The molecule has 2 aromatic heterocycles. The standard InChI is InChI=1S/2C23H31N5O2.ClH.Mn.2O/c2*1-2-3-12-30-23-25-21(24)20-13-19(29)16-28(22(20)26-23)15-18-8-6-17(7-9-18)14-27-10-4-5-11-27;;;;/h2*6-9H,2-5,10-16H2,1H3,(H2,24,25,26);1H;;;. The predicted octanol–water partition coefficient (Wildman–Crippen LogP) is 6.11. The van der Waals surface area contributed by atoms with Gasteiger partial charge in [-0.25, -0.2) is 0 Å². The van der Waals surface area contributed by atoms with Crippen molar-refractivity contribution < 1.29 is 41.6 Å². The van der Waals surface area contributed by atoms with E-state index in [4.69, 9.17) is 28.6 Å². The number of nitrogen functional groups attached to an aromatic ring is 2. The summed E-state index contributed by atoms with van der Waals surface area (Å²) in [5.74, 6) is 2.37. The van der Waals surface area contributed by atoms with Gasteiger partial charge in [-0.15, -0.1) is 12.4 Å². The molecule has 2 saturated heterocycles. The van der Waals surface area contributed by atoms with E-state index in [2.05, 4.69) is 92.1 Å². The number of hydrogen-bond donors (Lipinski definition) is 2. The Bertz CT molecular complexity index is 2020. The van der Waals surface area contributed by atoms with Crippen LogP contribution < -0.4 is 30.7 Å². The van der Waals surface area contributed by atoms with E-state index in [0.29, 0.717) is 74.2 Å². The summed E-state index contributed by atoms with van der Waals surface area (Å²) in [6.45, 7) is 14.0. The van der Waals surface area contributed by atoms with Crippen LogP contribution in [-0.4, -0.2) is 93.8 Å². The van der Waals surface area contributed by atoms with E-state index in [-0.39, 0.29) is 36.8 Å². The number of hydrogen-bond acceptors (Lipinski definition) is 16. The van der Waals surface area contributed by atoms with Crippen LogP contribution in [-0.2, 0) is 71.1 Å². The topological polar surface area (TPSA) is 203 Å². The summed E-state index contributed by atoms with van der Waals surface area (Å²) in [4.78, 5) is 51.3. The van der Waals surface area contributed by atoms with Crippen molar-refractivity contribution >= 4 is 47.2 Å². The first-order valence-electron chi connectivity index (χ1n) is 22.3. The van der Waals surface area contributed by atoms with Crippen LogP contribution in [0.1, 0.15) is 98.6 Å². The van der Waals surface area contributed by atoms with Crippen molar-refractivity contribution in [2.24, 2.45) is 0 Å². The maximum atomic E-state index is 12.3. The molecule has 4 aliphatic heterocycles. The average molecular weight is 942 g/mol. The Morgan fingerprint density at radius 2 is 0.891 bits per heavy atom. The van der Waals surface area contributed by atoms with E-state index in [1.54, 1.807) is 0 Å². The van der Waals surface area contributed by atoms with Gasteiger partial charge in [0.05, 0.1) is 26.3 Å². The molecule has 4 N–H and O–H groups in total. The fourth-order valence-electron chi connectivity index (χ4n) is 8.23. The number of likely N-dealkylation sites (tertiary alicyclic amines) is 2. The number of anilines is 4. The summed E-state index contributed by atoms with van der Waals surface area (Å²) in [6.07, 6.45) is 9.71. The third-order valence-electron chi connectivity index (χ3n) is 11.5. The molecule has 0 bridgehead atoms. The van der Waals surface area contributed by atoms with Gasteiger partial charge in [0.2, 0.25) is 0 Å². The van der Waals surface area contributed by atoms with Crippen molar-refractivity contribution in [2.45, 2.75) is 104 Å². The number of nitrogens with two attached hydrogens (primary N) is 2. The van der Waals surface area contributed by atoms with E-state index in [1.165, 1.54) is 63.0 Å². The summed E-state index contributed by atoms with van der Waals surface area (Å²) >= 11 is -1.44. The first-order valence-corrected chi connectivity index (χ1v) is 23.2. The molecule has 2 fully saturated rings. The zero-order valence-corrected chi connectivity index (χ0v) is 39.1. The van der Waals surface area contributed by atoms with Gasteiger partial charge < -0.3 is 30.7 Å². The number of rotatable bonds is 16. The Labute approximate surface area is 388 Å². The molecule has 8 rings (SSSR count). The van der Waals surface area contributed by atoms with Crippen LogP contribution in [0.3, 0.4) is 0 Å². The summed E-state index contributed by atoms with van der Waals surface area (Å²) in [7, 11) is 0. The molecular formula is C46H63ClMnN10O6. The van der Waals surface area contributed by atoms with Crippen LogP contribution in [0.2, 0.25) is 0 Å². The van der Waals surface area contributed by atoms with Crippen molar-refractivity contribution in [1.29, 1.82) is 0 Å². The number of Topliss-reactive ketones (excluding diaryl/α,β-unsaturated/α-hetero) is 2. The summed E-state index contributed by atoms with van der Waals surface area (Å²) in [5, 5.41) is 0. The predicted molar refractivity (Wildman–Crippen MR) is 244 cm³/mol. The zero-order valence-electron chi connectivity index (χ0n) is 37.1. The van der Waals surface area contributed by atoms with Gasteiger partial charge in [-0.05, 0) is 87.0 Å². The fraction of sp³-hybridized carbons (Fsp3) is 0.522. The second-order valence-electron chi connectivity index (χ2n) is 16.6. The van der Waals surface area contributed by atoms with Crippen molar-refractivity contribution in [3.63, 3.8) is 0 Å². The van der Waals surface area contributed by atoms with Crippen LogP contribution in [0.25, 0.3) is 0 Å². The molecule has 0 atom stereocenters. The molecular weight excluding hydrogens is 879 g/mol. The van der Waals surface area contributed by atoms with Crippen molar-refractivity contribution in [3.8, 4) is 12.0 Å². The monoisotopic (exact) mass is 941 g/mol. The molecule has 4 aliphatic rings. The molecule has 16 nitrogen and oxygen atoms in total. The van der Waals surface area contributed by atoms with Crippen LogP contribution in [0, 0.1) is 0 Å². The Morgan fingerprint density at radius 3 is 1.22 bits per heavy atom. The van der Waals surface area contributed by atoms with E-state index < -0.39 is 14.8 Å². The molecule has 0 amide bonds. The SMILES string of the molecule is CCCCOc1nc(N)c2c(n1)N(Cc1ccc(CN3CCCC3)cc1)CC(=O)C2.CCCCOc1nc(N)c2c(n1)N(Cc1ccc(CN3CCCC3)cc1)CC(=O)C2.Cl.[O]=[Mn]=[O]. The molecule has 0 saturated carbocycles. The van der Waals surface area contributed by atoms with Gasteiger partial charge in [-0.2, -0.15) is 19.9 Å². The molecule has 347 valence electrons. The van der Waals surface area contributed by atoms with E-state index in [0.717, 1.165) is 61.5 Å². The first-order chi connectivity index (χ1) is 30.7. The van der Waals surface area contributed by atoms with Gasteiger partial charge in [-0.1, -0.05) is 75.2 Å². The number of fused-ring (bicyclic) bond motifs is 2. The maximum absolute atomic E-state index is 12.3. The summed E-state index contributed by atoms with van der Waals surface area (Å²) in [6, 6.07) is 17.9.